The number of aromatic nitrogens is 3. The van der Waals surface area contributed by atoms with Crippen LogP contribution in [-0.4, -0.2) is 52.0 Å². The summed E-state index contributed by atoms with van der Waals surface area (Å²) in [7, 11) is 0. The van der Waals surface area contributed by atoms with Crippen LogP contribution in [0, 0.1) is 6.92 Å². The summed E-state index contributed by atoms with van der Waals surface area (Å²) in [6.45, 7) is 8.43. The molecule has 2 aromatic heterocycles. The molecule has 0 radical (unpaired) electrons. The Morgan fingerprint density at radius 2 is 1.65 bits per heavy atom. The van der Waals surface area contributed by atoms with Crippen LogP contribution in [0.2, 0.25) is 0 Å². The van der Waals surface area contributed by atoms with E-state index in [4.69, 9.17) is 14.8 Å². The number of carbonyl (C=O) groups is 1. The van der Waals surface area contributed by atoms with E-state index in [1.54, 1.807) is 4.52 Å². The predicted octanol–water partition coefficient (Wildman–Crippen LogP) is 4.86. The standard InChI is InChI=1S/C25H24N4O3.C2H6/c1-17-21(15-24(30)31)25(28-10-12-32-13-11-28)29-23(26-17)16-22(27-29)20-9-5-8-19(14-20)18-6-3-2-4-7-18;1-2/h2-9,14,16H,10-13,15H2,1H3,(H,30,31);1-2H3. The van der Waals surface area contributed by atoms with Crippen molar-refractivity contribution in [3.05, 3.63) is 71.9 Å². The Hall–Kier alpha value is -3.71. The molecule has 0 amide bonds. The van der Waals surface area contributed by atoms with Crippen molar-refractivity contribution in [2.24, 2.45) is 0 Å². The molecule has 176 valence electrons. The number of hydrogen-bond acceptors (Lipinski definition) is 5. The fourth-order valence-electron chi connectivity index (χ4n) is 4.22. The fourth-order valence-corrected chi connectivity index (χ4v) is 4.22. The molecule has 34 heavy (non-hydrogen) atoms. The third-order valence-corrected chi connectivity index (χ3v) is 5.78. The van der Waals surface area contributed by atoms with Gasteiger partial charge in [0.05, 0.1) is 25.3 Å². The normalized spacial score (nSPS) is 13.4. The van der Waals surface area contributed by atoms with Gasteiger partial charge in [0.2, 0.25) is 0 Å². The Kier molecular flexibility index (Phi) is 7.23. The average molecular weight is 459 g/mol. The summed E-state index contributed by atoms with van der Waals surface area (Å²) in [4.78, 5) is 18.4. The molecule has 0 saturated carbocycles. The molecule has 7 nitrogen and oxygen atoms in total. The lowest BCUT2D eigenvalue weighted by Crippen LogP contribution is -2.38. The molecule has 0 aliphatic carbocycles. The van der Waals surface area contributed by atoms with Crippen molar-refractivity contribution in [1.82, 2.24) is 14.6 Å². The highest BCUT2D eigenvalue weighted by atomic mass is 16.5. The highest BCUT2D eigenvalue weighted by Gasteiger charge is 2.24. The van der Waals surface area contributed by atoms with Crippen LogP contribution in [0.1, 0.15) is 25.1 Å². The SMILES string of the molecule is CC.Cc1nc2cc(-c3cccc(-c4ccccc4)c3)nn2c(N2CCOCC2)c1CC(=O)O. The minimum absolute atomic E-state index is 0.0971. The Balaban J connectivity index is 0.00000133. The number of carboxylic acids is 1. The molecule has 0 spiro atoms. The van der Waals surface area contributed by atoms with Gasteiger partial charge in [-0.25, -0.2) is 4.98 Å². The summed E-state index contributed by atoms with van der Waals surface area (Å²) in [5, 5.41) is 14.4. The topological polar surface area (TPSA) is 80.0 Å². The third kappa shape index (κ3) is 4.79. The highest BCUT2D eigenvalue weighted by Crippen LogP contribution is 2.30. The van der Waals surface area contributed by atoms with E-state index in [0.29, 0.717) is 43.2 Å². The molecular formula is C27H30N4O3. The molecule has 0 unspecified atom stereocenters. The molecule has 5 rings (SSSR count). The zero-order chi connectivity index (χ0) is 24.1. The molecule has 1 N–H and O–H groups in total. The van der Waals surface area contributed by atoms with Gasteiger partial charge in [0.25, 0.3) is 0 Å². The maximum absolute atomic E-state index is 11.6. The van der Waals surface area contributed by atoms with E-state index >= 15 is 0 Å². The molecule has 1 saturated heterocycles. The van der Waals surface area contributed by atoms with Gasteiger partial charge < -0.3 is 14.7 Å². The van der Waals surface area contributed by atoms with Gasteiger partial charge >= 0.3 is 5.97 Å². The maximum Gasteiger partial charge on any atom is 0.308 e. The Morgan fingerprint density at radius 1 is 0.971 bits per heavy atom. The van der Waals surface area contributed by atoms with E-state index in [1.807, 2.05) is 57.2 Å². The minimum atomic E-state index is -0.883. The number of aryl methyl sites for hydroxylation is 1. The molecular weight excluding hydrogens is 428 g/mol. The molecule has 7 heteroatoms. The van der Waals surface area contributed by atoms with Crippen LogP contribution in [0.15, 0.2) is 60.7 Å². The zero-order valence-corrected chi connectivity index (χ0v) is 19.9. The molecule has 3 heterocycles. The first-order valence-corrected chi connectivity index (χ1v) is 11.7. The van der Waals surface area contributed by atoms with Gasteiger partial charge in [-0.15, -0.1) is 0 Å². The minimum Gasteiger partial charge on any atom is -0.481 e. The molecule has 1 aliphatic heterocycles. The van der Waals surface area contributed by atoms with Gasteiger partial charge in [-0.2, -0.15) is 9.61 Å². The van der Waals surface area contributed by atoms with Crippen molar-refractivity contribution in [3.63, 3.8) is 0 Å². The van der Waals surface area contributed by atoms with Crippen LogP contribution in [-0.2, 0) is 16.0 Å². The van der Waals surface area contributed by atoms with Gasteiger partial charge in [0.1, 0.15) is 5.82 Å². The number of aliphatic carboxylic acids is 1. The number of hydrogen-bond donors (Lipinski definition) is 1. The van der Waals surface area contributed by atoms with Crippen LogP contribution in [0.4, 0.5) is 5.82 Å². The number of rotatable bonds is 5. The van der Waals surface area contributed by atoms with Crippen molar-refractivity contribution >= 4 is 17.4 Å². The van der Waals surface area contributed by atoms with Crippen molar-refractivity contribution in [1.29, 1.82) is 0 Å². The first-order valence-electron chi connectivity index (χ1n) is 11.7. The Labute approximate surface area is 199 Å². The second kappa shape index (κ2) is 10.5. The monoisotopic (exact) mass is 458 g/mol. The number of anilines is 1. The summed E-state index contributed by atoms with van der Waals surface area (Å²) in [6, 6.07) is 20.5. The molecule has 0 atom stereocenters. The molecule has 4 aromatic rings. The summed E-state index contributed by atoms with van der Waals surface area (Å²) >= 11 is 0. The van der Waals surface area contributed by atoms with Crippen LogP contribution in [0.5, 0.6) is 0 Å². The maximum atomic E-state index is 11.6. The molecule has 1 fully saturated rings. The zero-order valence-electron chi connectivity index (χ0n) is 19.9. The van der Waals surface area contributed by atoms with E-state index in [9.17, 15) is 9.90 Å². The summed E-state index contributed by atoms with van der Waals surface area (Å²) in [6.07, 6.45) is -0.0971. The van der Waals surface area contributed by atoms with Crippen LogP contribution in [0.3, 0.4) is 0 Å². The summed E-state index contributed by atoms with van der Waals surface area (Å²) in [5.74, 6) is -0.0876. The quantitative estimate of drug-likeness (QED) is 0.460. The average Bonchev–Trinajstić information content (AvgIpc) is 3.30. The first kappa shape index (κ1) is 23.4. The van der Waals surface area contributed by atoms with Crippen LogP contribution in [0.25, 0.3) is 28.0 Å². The number of nitrogens with zero attached hydrogens (tertiary/aromatic N) is 4. The van der Waals surface area contributed by atoms with Crippen molar-refractivity contribution in [2.45, 2.75) is 27.2 Å². The number of fused-ring (bicyclic) bond motifs is 1. The lowest BCUT2D eigenvalue weighted by Gasteiger charge is -2.30. The third-order valence-electron chi connectivity index (χ3n) is 5.78. The van der Waals surface area contributed by atoms with E-state index < -0.39 is 5.97 Å². The second-order valence-electron chi connectivity index (χ2n) is 7.92. The van der Waals surface area contributed by atoms with Crippen molar-refractivity contribution in [3.8, 4) is 22.4 Å². The van der Waals surface area contributed by atoms with Crippen LogP contribution < -0.4 is 4.90 Å². The van der Waals surface area contributed by atoms with Gasteiger partial charge in [-0.3, -0.25) is 4.79 Å². The molecule has 2 aromatic carbocycles. The summed E-state index contributed by atoms with van der Waals surface area (Å²) < 4.78 is 7.30. The Morgan fingerprint density at radius 3 is 2.35 bits per heavy atom. The van der Waals surface area contributed by atoms with Crippen molar-refractivity contribution in [2.75, 3.05) is 31.2 Å². The Bertz CT molecular complexity index is 1280. The van der Waals surface area contributed by atoms with E-state index in [2.05, 4.69) is 29.2 Å². The van der Waals surface area contributed by atoms with E-state index in [0.717, 1.165) is 28.2 Å². The summed E-state index contributed by atoms with van der Waals surface area (Å²) in [5.41, 5.74) is 6.16. The van der Waals surface area contributed by atoms with Gasteiger partial charge in [-0.1, -0.05) is 62.4 Å². The second-order valence-corrected chi connectivity index (χ2v) is 7.92. The highest BCUT2D eigenvalue weighted by molar-refractivity contribution is 5.76. The fraction of sp³-hybridized carbons (Fsp3) is 0.296. The van der Waals surface area contributed by atoms with Gasteiger partial charge in [-0.05, 0) is 24.1 Å². The number of carboxylic acid groups (broad SMARTS) is 1. The van der Waals surface area contributed by atoms with Crippen LogP contribution >= 0.6 is 0 Å². The number of morpholine rings is 1. The van der Waals surface area contributed by atoms with E-state index in [1.165, 1.54) is 0 Å². The predicted molar refractivity (Wildman–Crippen MR) is 134 cm³/mol. The number of benzene rings is 2. The lowest BCUT2D eigenvalue weighted by molar-refractivity contribution is -0.136. The van der Waals surface area contributed by atoms with Gasteiger partial charge in [0.15, 0.2) is 5.65 Å². The van der Waals surface area contributed by atoms with Crippen molar-refractivity contribution < 1.29 is 14.6 Å². The lowest BCUT2D eigenvalue weighted by atomic mass is 10.0. The van der Waals surface area contributed by atoms with E-state index in [-0.39, 0.29) is 6.42 Å². The van der Waals surface area contributed by atoms with Gasteiger partial charge in [0, 0.05) is 36.0 Å². The first-order chi connectivity index (χ1) is 16.6. The number of ether oxygens (including phenoxy) is 1. The molecule has 1 aliphatic rings. The molecule has 0 bridgehead atoms. The smallest absolute Gasteiger partial charge is 0.308 e. The largest absolute Gasteiger partial charge is 0.481 e.